The molecule has 3 aromatic rings. The van der Waals surface area contributed by atoms with E-state index in [0.717, 1.165) is 28.3 Å². The number of amides is 3. The first-order chi connectivity index (χ1) is 23.5. The third-order valence-electron chi connectivity index (χ3n) is 8.95. The second-order valence-electron chi connectivity index (χ2n) is 12.4. The molecular weight excluding hydrogens is 657 g/mol. The first-order valence-corrected chi connectivity index (χ1v) is 16.9. The summed E-state index contributed by atoms with van der Waals surface area (Å²) >= 11 is 6.46. The number of aryl methyl sites for hydroxylation is 1. The summed E-state index contributed by atoms with van der Waals surface area (Å²) in [5.74, 6) is -4.87. The van der Waals surface area contributed by atoms with Crippen LogP contribution in [0.15, 0.2) is 66.2 Å². The van der Waals surface area contributed by atoms with E-state index in [1.165, 1.54) is 0 Å². The Hall–Kier alpha value is -4.35. The quantitative estimate of drug-likeness (QED) is 0.164. The van der Waals surface area contributed by atoms with E-state index in [2.05, 4.69) is 5.32 Å². The summed E-state index contributed by atoms with van der Waals surface area (Å²) < 4.78 is 46.5. The number of ether oxygens (including phenoxy) is 1. The number of carbonyl (C=O) groups is 3. The Kier molecular flexibility index (Phi) is 12.0. The number of nitrogens with one attached hydrogen (secondary N) is 1. The zero-order valence-corrected chi connectivity index (χ0v) is 28.1. The van der Waals surface area contributed by atoms with Gasteiger partial charge in [0.1, 0.15) is 0 Å². The Balaban J connectivity index is 1.36. The lowest BCUT2D eigenvalue weighted by atomic mass is 9.82. The van der Waals surface area contributed by atoms with Crippen LogP contribution in [-0.4, -0.2) is 65.8 Å². The van der Waals surface area contributed by atoms with Crippen molar-refractivity contribution in [2.45, 2.75) is 64.1 Å². The van der Waals surface area contributed by atoms with E-state index in [1.807, 2.05) is 49.4 Å². The maximum Gasteiger partial charge on any atom is 0.252 e. The Labute approximate surface area is 289 Å². The highest BCUT2D eigenvalue weighted by Gasteiger charge is 2.40. The number of halogens is 4. The molecule has 3 amide bonds. The molecule has 2 aliphatic heterocycles. The lowest BCUT2D eigenvalue weighted by Crippen LogP contribution is -2.62. The number of rotatable bonds is 14. The average molecular weight is 697 g/mol. The van der Waals surface area contributed by atoms with E-state index in [0.29, 0.717) is 68.5 Å². The molecule has 1 fully saturated rings. The van der Waals surface area contributed by atoms with Crippen LogP contribution in [0.25, 0.3) is 5.57 Å². The zero-order chi connectivity index (χ0) is 35.1. The van der Waals surface area contributed by atoms with Gasteiger partial charge >= 0.3 is 0 Å². The van der Waals surface area contributed by atoms with E-state index < -0.39 is 35.2 Å². The van der Waals surface area contributed by atoms with Crippen molar-refractivity contribution in [3.05, 3.63) is 105 Å². The van der Waals surface area contributed by atoms with Gasteiger partial charge < -0.3 is 25.6 Å². The van der Waals surface area contributed by atoms with Crippen LogP contribution in [0.2, 0.25) is 5.02 Å². The van der Waals surface area contributed by atoms with Crippen molar-refractivity contribution in [1.29, 1.82) is 0 Å². The summed E-state index contributed by atoms with van der Waals surface area (Å²) in [5, 5.41) is 4.15. The fourth-order valence-corrected chi connectivity index (χ4v) is 6.63. The fraction of sp³-hybridized carbons (Fsp3) is 0.378. The van der Waals surface area contributed by atoms with Gasteiger partial charge in [-0.05, 0) is 73.1 Å². The first-order valence-electron chi connectivity index (χ1n) is 16.5. The van der Waals surface area contributed by atoms with E-state index >= 15 is 0 Å². The van der Waals surface area contributed by atoms with E-state index in [1.54, 1.807) is 15.9 Å². The van der Waals surface area contributed by atoms with Crippen LogP contribution in [0.5, 0.6) is 5.75 Å². The number of carbonyl (C=O) groups excluding carboxylic acids is 3. The first kappa shape index (κ1) is 35.9. The van der Waals surface area contributed by atoms with Gasteiger partial charge in [-0.3, -0.25) is 14.4 Å². The molecule has 2 aliphatic rings. The number of piperazine rings is 1. The van der Waals surface area contributed by atoms with Crippen molar-refractivity contribution in [3.8, 4) is 5.75 Å². The second kappa shape index (κ2) is 16.4. The number of fused-ring (bicyclic) bond motifs is 2. The van der Waals surface area contributed by atoms with Gasteiger partial charge in [-0.15, -0.1) is 0 Å². The summed E-state index contributed by atoms with van der Waals surface area (Å²) in [6.45, 7) is 3.45. The molecule has 0 aromatic heterocycles. The van der Waals surface area contributed by atoms with Gasteiger partial charge in [0.25, 0.3) is 5.91 Å². The normalized spacial score (nSPS) is 17.2. The van der Waals surface area contributed by atoms with Crippen LogP contribution in [0.1, 0.15) is 55.7 Å². The standard InChI is InChI=1S/C37H40ClF3N4O4/c1-2-44(20-25-8-3-4-9-28(25)38)37(48)34-27(19-26-21-45(22-31(34)43-26)33(47)11-5-10-32(42)46)24-14-12-23(13-15-24)7-6-18-49-36-30(40)17-16-29(39)35(36)41/h3-4,8-9,12-17,26,31,43H,2,5-7,10-11,18-22H2,1H3,(H2,42,46)/t26-,31-/m1/s1. The molecule has 0 unspecified atom stereocenters. The molecule has 260 valence electrons. The average Bonchev–Trinajstić information content (AvgIpc) is 3.08. The number of nitrogens with two attached hydrogens (primary N) is 1. The van der Waals surface area contributed by atoms with Crippen molar-refractivity contribution in [2.24, 2.45) is 5.73 Å². The molecule has 0 spiro atoms. The van der Waals surface area contributed by atoms with Crippen molar-refractivity contribution in [3.63, 3.8) is 0 Å². The van der Waals surface area contributed by atoms with Gasteiger partial charge in [0.2, 0.25) is 17.6 Å². The number of hydrogen-bond donors (Lipinski definition) is 2. The monoisotopic (exact) mass is 696 g/mol. The Morgan fingerprint density at radius 3 is 2.43 bits per heavy atom. The zero-order valence-electron chi connectivity index (χ0n) is 27.3. The minimum atomic E-state index is -1.35. The van der Waals surface area contributed by atoms with Crippen molar-refractivity contribution < 1.29 is 32.3 Å². The topological polar surface area (TPSA) is 105 Å². The number of likely N-dealkylation sites (N-methyl/N-ethyl adjacent to an activating group) is 1. The molecule has 8 nitrogen and oxygen atoms in total. The Morgan fingerprint density at radius 2 is 1.71 bits per heavy atom. The molecule has 12 heteroatoms. The van der Waals surface area contributed by atoms with Gasteiger partial charge in [0, 0.05) is 55.7 Å². The summed E-state index contributed by atoms with van der Waals surface area (Å²) in [4.78, 5) is 42.3. The smallest absolute Gasteiger partial charge is 0.252 e. The van der Waals surface area contributed by atoms with Crippen molar-refractivity contribution >= 4 is 34.9 Å². The van der Waals surface area contributed by atoms with Gasteiger partial charge in [0.05, 0.1) is 12.6 Å². The summed E-state index contributed by atoms with van der Waals surface area (Å²) in [7, 11) is 0. The van der Waals surface area contributed by atoms with E-state index in [-0.39, 0.29) is 37.3 Å². The third-order valence-corrected chi connectivity index (χ3v) is 9.32. The molecule has 0 aliphatic carbocycles. The van der Waals surface area contributed by atoms with Crippen LogP contribution in [0.4, 0.5) is 13.2 Å². The van der Waals surface area contributed by atoms with Gasteiger partial charge in [-0.1, -0.05) is 54.1 Å². The molecule has 2 bridgehead atoms. The number of primary amides is 1. The molecule has 49 heavy (non-hydrogen) atoms. The molecule has 2 heterocycles. The van der Waals surface area contributed by atoms with Crippen LogP contribution < -0.4 is 15.8 Å². The molecule has 1 saturated heterocycles. The molecule has 3 aromatic carbocycles. The summed E-state index contributed by atoms with van der Waals surface area (Å²) in [6, 6.07) is 16.3. The largest absolute Gasteiger partial charge is 0.488 e. The second-order valence-corrected chi connectivity index (χ2v) is 12.8. The lowest BCUT2D eigenvalue weighted by molar-refractivity contribution is -0.134. The molecule has 3 N–H and O–H groups in total. The van der Waals surface area contributed by atoms with Gasteiger partial charge in [-0.2, -0.15) is 4.39 Å². The number of nitrogens with zero attached hydrogens (tertiary/aromatic N) is 2. The van der Waals surface area contributed by atoms with E-state index in [9.17, 15) is 27.6 Å². The third kappa shape index (κ3) is 8.82. The predicted octanol–water partition coefficient (Wildman–Crippen LogP) is 5.80. The van der Waals surface area contributed by atoms with Crippen LogP contribution in [0.3, 0.4) is 0 Å². The predicted molar refractivity (Wildman–Crippen MR) is 181 cm³/mol. The number of hydrogen-bond acceptors (Lipinski definition) is 5. The van der Waals surface area contributed by atoms with Crippen LogP contribution >= 0.6 is 11.6 Å². The maximum atomic E-state index is 14.4. The molecule has 0 radical (unpaired) electrons. The maximum absolute atomic E-state index is 14.4. The Morgan fingerprint density at radius 1 is 0.980 bits per heavy atom. The number of benzene rings is 3. The fourth-order valence-electron chi connectivity index (χ4n) is 6.44. The van der Waals surface area contributed by atoms with Gasteiger partial charge in [0.15, 0.2) is 17.4 Å². The minimum Gasteiger partial charge on any atom is -0.488 e. The minimum absolute atomic E-state index is 0.00604. The van der Waals surface area contributed by atoms with Crippen molar-refractivity contribution in [2.75, 3.05) is 26.2 Å². The highest BCUT2D eigenvalue weighted by molar-refractivity contribution is 6.31. The van der Waals surface area contributed by atoms with Gasteiger partial charge in [-0.25, -0.2) is 8.78 Å². The highest BCUT2D eigenvalue weighted by atomic mass is 35.5. The molecule has 2 atom stereocenters. The molecular formula is C37H40ClF3N4O4. The SMILES string of the molecule is CCN(Cc1ccccc1Cl)C(=O)C1=C(c2ccc(CCCOc3c(F)ccc(F)c3F)cc2)C[C@@H]2CN(C(=O)CCCC(N)=O)C[C@H]1N2. The van der Waals surface area contributed by atoms with Crippen molar-refractivity contribution in [1.82, 2.24) is 15.1 Å². The van der Waals surface area contributed by atoms with Crippen LogP contribution in [0, 0.1) is 17.5 Å². The lowest BCUT2D eigenvalue weighted by Gasteiger charge is -2.45. The van der Waals surface area contributed by atoms with Crippen LogP contribution in [-0.2, 0) is 27.3 Å². The molecule has 0 saturated carbocycles. The van der Waals surface area contributed by atoms with E-state index in [4.69, 9.17) is 22.1 Å². The highest BCUT2D eigenvalue weighted by Crippen LogP contribution is 2.35. The summed E-state index contributed by atoms with van der Waals surface area (Å²) in [5.41, 5.74) is 9.44. The molecule has 5 rings (SSSR count). The summed E-state index contributed by atoms with van der Waals surface area (Å²) in [6.07, 6.45) is 2.22. The Bertz CT molecular complexity index is 1720.